The fourth-order valence-electron chi connectivity index (χ4n) is 4.33. The Kier molecular flexibility index (Phi) is 13.9. The summed E-state index contributed by atoms with van der Waals surface area (Å²) in [4.78, 5) is 0. The quantitative estimate of drug-likeness (QED) is 0.139. The SMILES string of the molecule is CCOCOc1c(Br)cc(C(C)(C)C)cc1C[C@@H](OC)[C@@H](Cc1cc(C(C)(C)C)cc(Br)c1OCOCC)OC. The molecule has 2 aromatic carbocycles. The van der Waals surface area contributed by atoms with E-state index in [0.717, 1.165) is 31.6 Å². The molecule has 226 valence electrons. The van der Waals surface area contributed by atoms with Crippen LogP contribution in [0.3, 0.4) is 0 Å². The van der Waals surface area contributed by atoms with Gasteiger partial charge in [0.1, 0.15) is 11.5 Å². The van der Waals surface area contributed by atoms with Crippen molar-refractivity contribution >= 4 is 31.9 Å². The lowest BCUT2D eigenvalue weighted by molar-refractivity contribution is -0.0361. The molecule has 0 heterocycles. The van der Waals surface area contributed by atoms with Crippen molar-refractivity contribution in [1.82, 2.24) is 0 Å². The van der Waals surface area contributed by atoms with Crippen LogP contribution in [0.15, 0.2) is 33.2 Å². The molecule has 0 aromatic heterocycles. The standard InChI is InChI=1S/C32H48Br2O6/c1-11-37-19-39-29-21(13-23(17-25(29)33)31(3,4)5)15-27(35-9)28(36-10)16-22-14-24(32(6,7)8)18-26(34)30(22)40-20-38-12-2/h13-14,17-18,27-28H,11-12,15-16,19-20H2,1-10H3/t27-,28-/m1/s1. The number of rotatable bonds is 15. The second-order valence-corrected chi connectivity index (χ2v) is 13.6. The highest BCUT2D eigenvalue weighted by molar-refractivity contribution is 9.11. The third kappa shape index (κ3) is 9.99. The van der Waals surface area contributed by atoms with E-state index in [1.807, 2.05) is 13.8 Å². The van der Waals surface area contributed by atoms with Gasteiger partial charge in [0.05, 0.1) is 21.2 Å². The molecule has 0 radical (unpaired) electrons. The molecule has 0 amide bonds. The van der Waals surface area contributed by atoms with Crippen LogP contribution in [0.1, 0.15) is 77.6 Å². The molecule has 0 fully saturated rings. The van der Waals surface area contributed by atoms with Crippen molar-refractivity contribution in [2.75, 3.05) is 41.0 Å². The van der Waals surface area contributed by atoms with Gasteiger partial charge in [-0.05, 0) is 90.9 Å². The average Bonchev–Trinajstić information content (AvgIpc) is 2.87. The van der Waals surface area contributed by atoms with Gasteiger partial charge in [-0.15, -0.1) is 0 Å². The maximum Gasteiger partial charge on any atom is 0.189 e. The zero-order valence-electron chi connectivity index (χ0n) is 25.9. The van der Waals surface area contributed by atoms with E-state index in [-0.39, 0.29) is 36.6 Å². The van der Waals surface area contributed by atoms with Gasteiger partial charge in [-0.2, -0.15) is 0 Å². The molecule has 2 rings (SSSR count). The van der Waals surface area contributed by atoms with Gasteiger partial charge in [-0.3, -0.25) is 0 Å². The number of ether oxygens (including phenoxy) is 6. The summed E-state index contributed by atoms with van der Waals surface area (Å²) in [5.74, 6) is 1.52. The van der Waals surface area contributed by atoms with Crippen LogP contribution >= 0.6 is 31.9 Å². The Morgan fingerprint density at radius 1 is 0.625 bits per heavy atom. The Bertz CT molecular complexity index is 989. The van der Waals surface area contributed by atoms with E-state index in [9.17, 15) is 0 Å². The molecule has 0 aliphatic heterocycles. The minimum atomic E-state index is -0.252. The number of hydrogen-bond acceptors (Lipinski definition) is 6. The Balaban J connectivity index is 2.50. The molecule has 0 aliphatic rings. The summed E-state index contributed by atoms with van der Waals surface area (Å²) in [7, 11) is 3.46. The highest BCUT2D eigenvalue weighted by Crippen LogP contribution is 2.39. The first-order chi connectivity index (χ1) is 18.8. The van der Waals surface area contributed by atoms with Crippen molar-refractivity contribution in [1.29, 1.82) is 0 Å². The van der Waals surface area contributed by atoms with Crippen molar-refractivity contribution in [2.45, 2.75) is 91.3 Å². The molecule has 0 spiro atoms. The van der Waals surface area contributed by atoms with Crippen LogP contribution in [0.25, 0.3) is 0 Å². The van der Waals surface area contributed by atoms with Crippen LogP contribution < -0.4 is 9.47 Å². The highest BCUT2D eigenvalue weighted by atomic mass is 79.9. The first kappa shape index (κ1) is 35.0. The van der Waals surface area contributed by atoms with E-state index in [4.69, 9.17) is 28.4 Å². The maximum atomic E-state index is 6.09. The first-order valence-corrected chi connectivity index (χ1v) is 15.5. The molecule has 8 heteroatoms. The van der Waals surface area contributed by atoms with E-state index >= 15 is 0 Å². The number of benzene rings is 2. The predicted molar refractivity (Wildman–Crippen MR) is 169 cm³/mol. The Morgan fingerprint density at radius 3 is 1.25 bits per heavy atom. The molecule has 0 saturated heterocycles. The van der Waals surface area contributed by atoms with Gasteiger partial charge in [-0.25, -0.2) is 0 Å². The Hall–Kier alpha value is -1.16. The summed E-state index contributed by atoms with van der Waals surface area (Å²) in [6.07, 6.45) is 0.680. The minimum Gasteiger partial charge on any atom is -0.466 e. The van der Waals surface area contributed by atoms with E-state index in [0.29, 0.717) is 26.1 Å². The normalized spacial score (nSPS) is 13.8. The molecule has 0 saturated carbocycles. The van der Waals surface area contributed by atoms with Crippen LogP contribution in [0, 0.1) is 0 Å². The number of halogens is 2. The van der Waals surface area contributed by atoms with Crippen LogP contribution in [0.4, 0.5) is 0 Å². The van der Waals surface area contributed by atoms with Gasteiger partial charge in [0.15, 0.2) is 13.6 Å². The second kappa shape index (κ2) is 15.9. The van der Waals surface area contributed by atoms with Crippen molar-refractivity contribution in [2.24, 2.45) is 0 Å². The number of hydrogen-bond donors (Lipinski definition) is 0. The zero-order chi connectivity index (χ0) is 30.1. The summed E-state index contributed by atoms with van der Waals surface area (Å²) < 4.78 is 37.1. The van der Waals surface area contributed by atoms with Crippen LogP contribution in [-0.4, -0.2) is 53.2 Å². The third-order valence-corrected chi connectivity index (χ3v) is 7.99. The first-order valence-electron chi connectivity index (χ1n) is 13.9. The lowest BCUT2D eigenvalue weighted by atomic mass is 9.84. The largest absolute Gasteiger partial charge is 0.466 e. The molecular weight excluding hydrogens is 640 g/mol. The van der Waals surface area contributed by atoms with Crippen LogP contribution in [-0.2, 0) is 42.6 Å². The molecule has 0 aliphatic carbocycles. The molecule has 6 nitrogen and oxygen atoms in total. The van der Waals surface area contributed by atoms with Crippen molar-refractivity contribution in [3.05, 3.63) is 55.5 Å². The summed E-state index contributed by atoms with van der Waals surface area (Å²) >= 11 is 7.50. The van der Waals surface area contributed by atoms with Gasteiger partial charge in [0.2, 0.25) is 0 Å². The highest BCUT2D eigenvalue weighted by Gasteiger charge is 2.28. The third-order valence-electron chi connectivity index (χ3n) is 6.82. The van der Waals surface area contributed by atoms with Crippen molar-refractivity contribution in [3.63, 3.8) is 0 Å². The van der Waals surface area contributed by atoms with E-state index in [1.54, 1.807) is 14.2 Å². The number of methoxy groups -OCH3 is 2. The topological polar surface area (TPSA) is 55.4 Å². The van der Waals surface area contributed by atoms with Crippen LogP contribution in [0.5, 0.6) is 11.5 Å². The zero-order valence-corrected chi connectivity index (χ0v) is 29.1. The molecule has 0 N–H and O–H groups in total. The molecule has 2 atom stereocenters. The van der Waals surface area contributed by atoms with E-state index in [2.05, 4.69) is 97.7 Å². The fraction of sp³-hybridized carbons (Fsp3) is 0.625. The van der Waals surface area contributed by atoms with Crippen molar-refractivity contribution in [3.8, 4) is 11.5 Å². The lowest BCUT2D eigenvalue weighted by Gasteiger charge is -2.29. The monoisotopic (exact) mass is 686 g/mol. The second-order valence-electron chi connectivity index (χ2n) is 11.9. The average molecular weight is 689 g/mol. The fourth-order valence-corrected chi connectivity index (χ4v) is 5.56. The van der Waals surface area contributed by atoms with E-state index < -0.39 is 0 Å². The molecule has 0 bridgehead atoms. The van der Waals surface area contributed by atoms with Gasteiger partial charge in [0, 0.05) is 40.3 Å². The minimum absolute atomic E-state index is 0.0363. The lowest BCUT2D eigenvalue weighted by Crippen LogP contribution is -2.34. The van der Waals surface area contributed by atoms with E-state index in [1.165, 1.54) is 11.1 Å². The van der Waals surface area contributed by atoms with Crippen molar-refractivity contribution < 1.29 is 28.4 Å². The Labute approximate surface area is 258 Å². The summed E-state index contributed by atoms with van der Waals surface area (Å²) in [6, 6.07) is 8.66. The molecular formula is C32H48Br2O6. The molecule has 40 heavy (non-hydrogen) atoms. The Morgan fingerprint density at radius 2 is 0.975 bits per heavy atom. The summed E-state index contributed by atoms with van der Waals surface area (Å²) in [5.41, 5.74) is 4.40. The van der Waals surface area contributed by atoms with Gasteiger partial charge >= 0.3 is 0 Å². The smallest absolute Gasteiger partial charge is 0.189 e. The maximum absolute atomic E-state index is 6.09. The van der Waals surface area contributed by atoms with Gasteiger partial charge in [-0.1, -0.05) is 53.7 Å². The van der Waals surface area contributed by atoms with Crippen LogP contribution in [0.2, 0.25) is 0 Å². The summed E-state index contributed by atoms with van der Waals surface area (Å²) in [6.45, 7) is 18.6. The molecule has 2 aromatic rings. The van der Waals surface area contributed by atoms with Gasteiger partial charge in [0.25, 0.3) is 0 Å². The summed E-state index contributed by atoms with van der Waals surface area (Å²) in [5, 5.41) is 0. The van der Waals surface area contributed by atoms with Gasteiger partial charge < -0.3 is 28.4 Å². The molecule has 0 unspecified atom stereocenters. The predicted octanol–water partition coefficient (Wildman–Crippen LogP) is 8.37.